The number of esters is 1. The Bertz CT molecular complexity index is 853. The predicted octanol–water partition coefficient (Wildman–Crippen LogP) is 0.452. The lowest BCUT2D eigenvalue weighted by molar-refractivity contribution is 0.0528. The van der Waals surface area contributed by atoms with Gasteiger partial charge >= 0.3 is 11.7 Å². The Kier molecular flexibility index (Phi) is 3.19. The zero-order valence-corrected chi connectivity index (χ0v) is 11.1. The number of carbonyl (C=O) groups excluding carboxylic acids is 1. The van der Waals surface area contributed by atoms with E-state index < -0.39 is 11.7 Å². The van der Waals surface area contributed by atoms with Crippen molar-refractivity contribution < 1.29 is 9.53 Å². The number of carbonyl (C=O) groups is 1. The Morgan fingerprint density at radius 1 is 1.29 bits per heavy atom. The molecule has 0 amide bonds. The van der Waals surface area contributed by atoms with Crippen LogP contribution in [-0.2, 0) is 4.74 Å². The van der Waals surface area contributed by atoms with E-state index in [1.807, 2.05) is 6.07 Å². The molecule has 1 aromatic carbocycles. The largest absolute Gasteiger partial charge is 0.462 e. The highest BCUT2D eigenvalue weighted by atomic mass is 16.5. The summed E-state index contributed by atoms with van der Waals surface area (Å²) in [5, 5.41) is 11.6. The molecule has 0 saturated carbocycles. The quantitative estimate of drug-likeness (QED) is 0.649. The van der Waals surface area contributed by atoms with E-state index in [0.717, 1.165) is 9.20 Å². The molecular formula is C13H11N5O3. The second-order valence-electron chi connectivity index (χ2n) is 4.13. The van der Waals surface area contributed by atoms with Gasteiger partial charge < -0.3 is 4.74 Å². The van der Waals surface area contributed by atoms with E-state index in [1.54, 1.807) is 31.2 Å². The Balaban J connectivity index is 2.16. The maximum atomic E-state index is 12.3. The van der Waals surface area contributed by atoms with E-state index in [1.165, 1.54) is 6.20 Å². The fourth-order valence-electron chi connectivity index (χ4n) is 1.88. The van der Waals surface area contributed by atoms with Gasteiger partial charge in [-0.3, -0.25) is 0 Å². The first kappa shape index (κ1) is 13.0. The zero-order valence-electron chi connectivity index (χ0n) is 11.1. The minimum atomic E-state index is -0.585. The fraction of sp³-hybridized carbons (Fsp3) is 0.154. The van der Waals surface area contributed by atoms with Crippen LogP contribution in [0.15, 0.2) is 41.3 Å². The van der Waals surface area contributed by atoms with E-state index in [0.29, 0.717) is 5.69 Å². The van der Waals surface area contributed by atoms with E-state index in [2.05, 4.69) is 15.4 Å². The van der Waals surface area contributed by atoms with Crippen LogP contribution in [0.3, 0.4) is 0 Å². The van der Waals surface area contributed by atoms with Crippen LogP contribution < -0.4 is 5.69 Å². The molecule has 2 heterocycles. The molecule has 106 valence electrons. The minimum Gasteiger partial charge on any atom is -0.462 e. The highest BCUT2D eigenvalue weighted by Gasteiger charge is 2.18. The van der Waals surface area contributed by atoms with Gasteiger partial charge in [-0.05, 0) is 19.1 Å². The molecule has 0 spiro atoms. The lowest BCUT2D eigenvalue weighted by Crippen LogP contribution is -2.29. The summed E-state index contributed by atoms with van der Waals surface area (Å²) in [5.41, 5.74) is 0.235. The topological polar surface area (TPSA) is 91.4 Å². The maximum Gasteiger partial charge on any atom is 0.373 e. The van der Waals surface area contributed by atoms with Crippen LogP contribution in [0.1, 0.15) is 17.3 Å². The van der Waals surface area contributed by atoms with Gasteiger partial charge in [0.1, 0.15) is 5.56 Å². The van der Waals surface area contributed by atoms with Crippen LogP contribution in [0.25, 0.3) is 11.3 Å². The molecule has 0 atom stereocenters. The summed E-state index contributed by atoms with van der Waals surface area (Å²) in [6.45, 7) is 1.92. The van der Waals surface area contributed by atoms with Crippen molar-refractivity contribution in [3.63, 3.8) is 0 Å². The average Bonchev–Trinajstić information content (AvgIpc) is 2.94. The van der Waals surface area contributed by atoms with Gasteiger partial charge in [0.25, 0.3) is 0 Å². The maximum absolute atomic E-state index is 12.3. The minimum absolute atomic E-state index is 0.0747. The van der Waals surface area contributed by atoms with Gasteiger partial charge in [0.15, 0.2) is 5.65 Å². The van der Waals surface area contributed by atoms with Crippen LogP contribution in [0, 0.1) is 0 Å². The predicted molar refractivity (Wildman–Crippen MR) is 72.3 cm³/mol. The molecule has 0 saturated heterocycles. The second-order valence-corrected chi connectivity index (χ2v) is 4.13. The number of ether oxygens (including phenoxy) is 1. The number of para-hydroxylation sites is 1. The third-order valence-electron chi connectivity index (χ3n) is 2.83. The van der Waals surface area contributed by atoms with Crippen molar-refractivity contribution in [2.75, 3.05) is 6.61 Å². The zero-order chi connectivity index (χ0) is 14.8. The summed E-state index contributed by atoms with van der Waals surface area (Å²) >= 11 is 0. The molecule has 0 unspecified atom stereocenters. The third kappa shape index (κ3) is 2.16. The molecule has 3 rings (SSSR count). The van der Waals surface area contributed by atoms with Crippen LogP contribution in [0.5, 0.6) is 0 Å². The van der Waals surface area contributed by atoms with E-state index in [9.17, 15) is 9.59 Å². The molecule has 0 bridgehead atoms. The van der Waals surface area contributed by atoms with E-state index in [-0.39, 0.29) is 17.8 Å². The van der Waals surface area contributed by atoms with Crippen molar-refractivity contribution in [1.29, 1.82) is 0 Å². The number of fused-ring (bicyclic) bond motifs is 1. The highest BCUT2D eigenvalue weighted by molar-refractivity contribution is 5.95. The molecule has 0 N–H and O–H groups in total. The molecule has 0 aliphatic carbocycles. The number of nitrogens with zero attached hydrogens (tertiary/aromatic N) is 5. The summed E-state index contributed by atoms with van der Waals surface area (Å²) in [5.74, 6) is -0.585. The molecule has 0 fully saturated rings. The molecule has 3 aromatic rings. The first-order chi connectivity index (χ1) is 10.2. The van der Waals surface area contributed by atoms with Crippen molar-refractivity contribution in [1.82, 2.24) is 24.6 Å². The highest BCUT2D eigenvalue weighted by Crippen LogP contribution is 2.07. The normalized spacial score (nSPS) is 10.7. The van der Waals surface area contributed by atoms with Gasteiger partial charge in [0.05, 0.1) is 18.5 Å². The summed E-state index contributed by atoms with van der Waals surface area (Å²) in [4.78, 5) is 24.1. The van der Waals surface area contributed by atoms with Crippen molar-refractivity contribution in [2.24, 2.45) is 0 Å². The van der Waals surface area contributed by atoms with Crippen molar-refractivity contribution in [3.05, 3.63) is 52.6 Å². The summed E-state index contributed by atoms with van der Waals surface area (Å²) in [7, 11) is 0. The van der Waals surface area contributed by atoms with E-state index >= 15 is 0 Å². The summed E-state index contributed by atoms with van der Waals surface area (Å²) < 4.78 is 7.01. The van der Waals surface area contributed by atoms with Crippen LogP contribution in [0.4, 0.5) is 0 Å². The van der Waals surface area contributed by atoms with Gasteiger partial charge in [0.2, 0.25) is 0 Å². The smallest absolute Gasteiger partial charge is 0.373 e. The van der Waals surface area contributed by atoms with Crippen LogP contribution in [-0.4, -0.2) is 37.2 Å². The van der Waals surface area contributed by atoms with Gasteiger partial charge in [-0.2, -0.15) is 14.3 Å². The van der Waals surface area contributed by atoms with Gasteiger partial charge in [-0.1, -0.05) is 23.4 Å². The van der Waals surface area contributed by atoms with Crippen molar-refractivity contribution in [2.45, 2.75) is 6.92 Å². The standard InChI is InChI=1S/C13H11N5O3/c1-2-21-12(19)10-8-14-18-11(10)15-16-17(13(18)20)9-6-4-3-5-7-9/h3-8H,2H2,1H3. The first-order valence-electron chi connectivity index (χ1n) is 6.28. The Morgan fingerprint density at radius 3 is 2.76 bits per heavy atom. The lowest BCUT2D eigenvalue weighted by atomic mass is 10.3. The monoisotopic (exact) mass is 285 g/mol. The SMILES string of the molecule is CCOC(=O)c1cnn2c(=O)n(-c3ccccc3)nnc12. The summed E-state index contributed by atoms with van der Waals surface area (Å²) in [6, 6.07) is 8.82. The number of hydrogen-bond acceptors (Lipinski definition) is 6. The molecule has 0 aliphatic heterocycles. The first-order valence-corrected chi connectivity index (χ1v) is 6.28. The molecule has 8 heteroatoms. The number of benzene rings is 1. The van der Waals surface area contributed by atoms with Gasteiger partial charge in [-0.15, -0.1) is 5.10 Å². The summed E-state index contributed by atoms with van der Waals surface area (Å²) in [6.07, 6.45) is 1.25. The van der Waals surface area contributed by atoms with Gasteiger partial charge in [0, 0.05) is 0 Å². The van der Waals surface area contributed by atoms with Crippen molar-refractivity contribution in [3.8, 4) is 5.69 Å². The second kappa shape index (κ2) is 5.16. The molecule has 8 nitrogen and oxygen atoms in total. The average molecular weight is 285 g/mol. The number of aromatic nitrogens is 5. The lowest BCUT2D eigenvalue weighted by Gasteiger charge is -2.03. The molecule has 0 radical (unpaired) electrons. The Labute approximate surface area is 118 Å². The van der Waals surface area contributed by atoms with E-state index in [4.69, 9.17) is 4.74 Å². The Hall–Kier alpha value is -3.03. The molecule has 2 aromatic heterocycles. The number of rotatable bonds is 3. The van der Waals surface area contributed by atoms with Crippen LogP contribution >= 0.6 is 0 Å². The molecular weight excluding hydrogens is 274 g/mol. The molecule has 0 aliphatic rings. The fourth-order valence-corrected chi connectivity index (χ4v) is 1.88. The van der Waals surface area contributed by atoms with Gasteiger partial charge in [-0.25, -0.2) is 9.59 Å². The van der Waals surface area contributed by atoms with Crippen molar-refractivity contribution >= 4 is 11.6 Å². The number of hydrogen-bond donors (Lipinski definition) is 0. The Morgan fingerprint density at radius 2 is 2.05 bits per heavy atom. The van der Waals surface area contributed by atoms with Crippen LogP contribution in [0.2, 0.25) is 0 Å². The molecule has 21 heavy (non-hydrogen) atoms. The third-order valence-corrected chi connectivity index (χ3v) is 2.83.